The Morgan fingerprint density at radius 2 is 2.05 bits per heavy atom. The maximum atomic E-state index is 9.17. The van der Waals surface area contributed by atoms with Gasteiger partial charge in [-0.25, -0.2) is 4.98 Å². The number of benzene rings is 1. The highest BCUT2D eigenvalue weighted by Gasteiger charge is 2.20. The van der Waals surface area contributed by atoms with Gasteiger partial charge in [-0.2, -0.15) is 5.26 Å². The third-order valence-electron chi connectivity index (χ3n) is 3.69. The third-order valence-corrected chi connectivity index (χ3v) is 3.69. The lowest BCUT2D eigenvalue weighted by Gasteiger charge is -2.20. The Morgan fingerprint density at radius 1 is 1.25 bits per heavy atom. The summed E-state index contributed by atoms with van der Waals surface area (Å²) in [6, 6.07) is 10.2. The van der Waals surface area contributed by atoms with E-state index in [1.165, 1.54) is 5.56 Å². The van der Waals surface area contributed by atoms with Gasteiger partial charge in [0.15, 0.2) is 0 Å². The molecule has 0 bridgehead atoms. The molecule has 0 saturated carbocycles. The molecule has 1 N–H and O–H groups in total. The summed E-state index contributed by atoms with van der Waals surface area (Å²) < 4.78 is 5.27. The van der Waals surface area contributed by atoms with E-state index in [0.717, 1.165) is 35.4 Å². The molecule has 0 amide bonds. The lowest BCUT2D eigenvalue weighted by atomic mass is 9.88. The van der Waals surface area contributed by atoms with Gasteiger partial charge in [-0.15, -0.1) is 0 Å². The molecule has 4 heteroatoms. The molecule has 1 aromatic heterocycles. The summed E-state index contributed by atoms with van der Waals surface area (Å²) in [6.07, 6.45) is 1.85. The maximum absolute atomic E-state index is 9.17. The number of hydrogen-bond donors (Lipinski definition) is 1. The molecule has 4 nitrogen and oxygen atoms in total. The quantitative estimate of drug-likeness (QED) is 0.907. The molecule has 100 valence electrons. The van der Waals surface area contributed by atoms with Crippen molar-refractivity contribution in [2.24, 2.45) is 0 Å². The maximum Gasteiger partial charge on any atom is 0.144 e. The molecule has 1 aromatic carbocycles. The van der Waals surface area contributed by atoms with Crippen molar-refractivity contribution in [2.45, 2.75) is 12.8 Å². The first kappa shape index (κ1) is 12.5. The van der Waals surface area contributed by atoms with Crippen LogP contribution in [0.3, 0.4) is 0 Å². The van der Waals surface area contributed by atoms with Gasteiger partial charge in [0.05, 0.1) is 18.4 Å². The third kappa shape index (κ3) is 1.88. The molecule has 2 aromatic rings. The van der Waals surface area contributed by atoms with Crippen molar-refractivity contribution in [1.29, 1.82) is 5.26 Å². The number of nitriles is 1. The van der Waals surface area contributed by atoms with Gasteiger partial charge in [0.2, 0.25) is 0 Å². The van der Waals surface area contributed by atoms with E-state index < -0.39 is 0 Å². The molecule has 0 aliphatic heterocycles. The highest BCUT2D eigenvalue weighted by molar-refractivity contribution is 5.73. The minimum Gasteiger partial charge on any atom is -0.497 e. The van der Waals surface area contributed by atoms with Crippen molar-refractivity contribution in [3.63, 3.8) is 0 Å². The minimum absolute atomic E-state index is 0.600. The van der Waals surface area contributed by atoms with Gasteiger partial charge in [0, 0.05) is 12.6 Å². The number of aryl methyl sites for hydroxylation is 2. The van der Waals surface area contributed by atoms with E-state index in [-0.39, 0.29) is 0 Å². The molecule has 3 rings (SSSR count). The zero-order valence-corrected chi connectivity index (χ0v) is 11.5. The second-order valence-electron chi connectivity index (χ2n) is 4.78. The number of aromatic nitrogens is 1. The van der Waals surface area contributed by atoms with E-state index in [2.05, 4.69) is 22.4 Å². The van der Waals surface area contributed by atoms with Crippen molar-refractivity contribution in [3.8, 4) is 23.1 Å². The number of ether oxygens (including phenoxy) is 1. The van der Waals surface area contributed by atoms with Crippen LogP contribution in [0.2, 0.25) is 0 Å². The van der Waals surface area contributed by atoms with Gasteiger partial charge < -0.3 is 10.1 Å². The average Bonchev–Trinajstić information content (AvgIpc) is 2.52. The highest BCUT2D eigenvalue weighted by Crippen LogP contribution is 2.35. The van der Waals surface area contributed by atoms with Gasteiger partial charge in [-0.3, -0.25) is 0 Å². The fourth-order valence-electron chi connectivity index (χ4n) is 2.66. The fraction of sp³-hybridized carbons (Fsp3) is 0.250. The van der Waals surface area contributed by atoms with Crippen molar-refractivity contribution >= 4 is 5.82 Å². The van der Waals surface area contributed by atoms with Crippen LogP contribution >= 0.6 is 0 Å². The van der Waals surface area contributed by atoms with E-state index in [4.69, 9.17) is 10.00 Å². The SMILES string of the molecule is CNc1nc2c(cc1C#N)CCc1cc(OC)ccc1-2. The summed E-state index contributed by atoms with van der Waals surface area (Å²) in [5.74, 6) is 1.50. The average molecular weight is 265 g/mol. The van der Waals surface area contributed by atoms with Crippen molar-refractivity contribution < 1.29 is 4.74 Å². The smallest absolute Gasteiger partial charge is 0.144 e. The molecule has 0 saturated heterocycles. The number of nitrogens with one attached hydrogen (secondary N) is 1. The standard InChI is InChI=1S/C16H15N3O/c1-18-16-12(9-17)7-11-4-3-10-8-13(20-2)5-6-14(10)15(11)19-16/h5-8H,3-4H2,1-2H3,(H,18,19). The van der Waals surface area contributed by atoms with Crippen LogP contribution in [0.5, 0.6) is 5.75 Å². The van der Waals surface area contributed by atoms with Crippen LogP contribution in [0.1, 0.15) is 16.7 Å². The summed E-state index contributed by atoms with van der Waals surface area (Å²) in [4.78, 5) is 4.62. The second kappa shape index (κ2) is 4.86. The first-order valence-corrected chi connectivity index (χ1v) is 6.56. The first-order valence-electron chi connectivity index (χ1n) is 6.56. The fourth-order valence-corrected chi connectivity index (χ4v) is 2.66. The monoisotopic (exact) mass is 265 g/mol. The van der Waals surface area contributed by atoms with E-state index in [9.17, 15) is 0 Å². The number of nitrogens with zero attached hydrogens (tertiary/aromatic N) is 2. The van der Waals surface area contributed by atoms with E-state index in [0.29, 0.717) is 11.4 Å². The Bertz CT molecular complexity index is 716. The molecule has 0 unspecified atom stereocenters. The zero-order valence-electron chi connectivity index (χ0n) is 11.5. The summed E-state index contributed by atoms with van der Waals surface area (Å²) in [5, 5.41) is 12.2. The predicted octanol–water partition coefficient (Wildman–Crippen LogP) is 2.77. The first-order chi connectivity index (χ1) is 9.76. The Labute approximate surface area is 118 Å². The molecule has 1 aliphatic rings. The minimum atomic E-state index is 0.600. The van der Waals surface area contributed by atoms with Gasteiger partial charge >= 0.3 is 0 Å². The number of methoxy groups -OCH3 is 1. The van der Waals surface area contributed by atoms with Gasteiger partial charge in [0.25, 0.3) is 0 Å². The second-order valence-corrected chi connectivity index (χ2v) is 4.78. The number of pyridine rings is 1. The molecule has 0 spiro atoms. The van der Waals surface area contributed by atoms with E-state index >= 15 is 0 Å². The van der Waals surface area contributed by atoms with Crippen LogP contribution in [0, 0.1) is 11.3 Å². The van der Waals surface area contributed by atoms with E-state index in [1.807, 2.05) is 18.2 Å². The largest absolute Gasteiger partial charge is 0.497 e. The van der Waals surface area contributed by atoms with Crippen LogP contribution in [-0.4, -0.2) is 19.1 Å². The van der Waals surface area contributed by atoms with Gasteiger partial charge in [-0.1, -0.05) is 0 Å². The summed E-state index contributed by atoms with van der Waals surface area (Å²) in [5.41, 5.74) is 5.09. The Balaban J connectivity index is 2.19. The molecular weight excluding hydrogens is 250 g/mol. The molecule has 0 fully saturated rings. The van der Waals surface area contributed by atoms with Gasteiger partial charge in [0.1, 0.15) is 17.6 Å². The summed E-state index contributed by atoms with van der Waals surface area (Å²) >= 11 is 0. The van der Waals surface area contributed by atoms with Crippen molar-refractivity contribution in [1.82, 2.24) is 4.98 Å². The van der Waals surface area contributed by atoms with E-state index in [1.54, 1.807) is 14.2 Å². The topological polar surface area (TPSA) is 57.9 Å². The van der Waals surface area contributed by atoms with Gasteiger partial charge in [-0.05, 0) is 48.2 Å². The number of rotatable bonds is 2. The number of hydrogen-bond acceptors (Lipinski definition) is 4. The van der Waals surface area contributed by atoms with Crippen LogP contribution in [0.4, 0.5) is 5.82 Å². The molecule has 0 atom stereocenters. The zero-order chi connectivity index (χ0) is 14.1. The molecular formula is C16H15N3O. The van der Waals surface area contributed by atoms with Crippen LogP contribution in [0.25, 0.3) is 11.3 Å². The number of fused-ring (bicyclic) bond motifs is 3. The van der Waals surface area contributed by atoms with Crippen molar-refractivity contribution in [2.75, 3.05) is 19.5 Å². The van der Waals surface area contributed by atoms with Crippen LogP contribution < -0.4 is 10.1 Å². The lowest BCUT2D eigenvalue weighted by molar-refractivity contribution is 0.414. The number of anilines is 1. The normalized spacial score (nSPS) is 12.1. The molecule has 0 radical (unpaired) electrons. The Morgan fingerprint density at radius 3 is 2.75 bits per heavy atom. The van der Waals surface area contributed by atoms with Crippen LogP contribution in [0.15, 0.2) is 24.3 Å². The molecule has 20 heavy (non-hydrogen) atoms. The Hall–Kier alpha value is -2.54. The predicted molar refractivity (Wildman–Crippen MR) is 77.9 cm³/mol. The summed E-state index contributed by atoms with van der Waals surface area (Å²) in [6.45, 7) is 0. The Kier molecular flexibility index (Phi) is 3.03. The van der Waals surface area contributed by atoms with Crippen molar-refractivity contribution in [3.05, 3.63) is 41.0 Å². The van der Waals surface area contributed by atoms with Crippen LogP contribution in [-0.2, 0) is 12.8 Å². The summed E-state index contributed by atoms with van der Waals surface area (Å²) in [7, 11) is 3.46. The lowest BCUT2D eigenvalue weighted by Crippen LogP contribution is -2.09. The molecule has 1 heterocycles. The highest BCUT2D eigenvalue weighted by atomic mass is 16.5. The molecule has 1 aliphatic carbocycles.